The van der Waals surface area contributed by atoms with Gasteiger partial charge >= 0.3 is 5.97 Å². The highest BCUT2D eigenvalue weighted by atomic mass is 79.9. The van der Waals surface area contributed by atoms with Crippen molar-refractivity contribution < 1.29 is 19.2 Å². The Bertz CT molecular complexity index is 695. The van der Waals surface area contributed by atoms with Crippen molar-refractivity contribution in [2.75, 3.05) is 32.8 Å². The van der Waals surface area contributed by atoms with E-state index in [1.54, 1.807) is 0 Å². The molecular weight excluding hydrogens is 364 g/mol. The van der Waals surface area contributed by atoms with Crippen LogP contribution in [0, 0.1) is 0 Å². The average molecular weight is 381 g/mol. The van der Waals surface area contributed by atoms with Gasteiger partial charge in [0.2, 0.25) is 0 Å². The highest BCUT2D eigenvalue weighted by molar-refractivity contribution is 9.10. The first-order chi connectivity index (χ1) is 11.1. The summed E-state index contributed by atoms with van der Waals surface area (Å²) in [6, 6.07) is 7.31. The topological polar surface area (TPSA) is 75.8 Å². The molecule has 1 N–H and O–H groups in total. The van der Waals surface area contributed by atoms with Crippen LogP contribution in [0.1, 0.15) is 16.1 Å². The van der Waals surface area contributed by atoms with Crippen LogP contribution in [-0.2, 0) is 11.2 Å². The lowest BCUT2D eigenvalue weighted by atomic mass is 10.1. The molecular formula is C16H17BrN2O4. The summed E-state index contributed by atoms with van der Waals surface area (Å²) in [5.41, 5.74) is 1.91. The summed E-state index contributed by atoms with van der Waals surface area (Å²) in [4.78, 5) is 13.2. The number of morpholine rings is 1. The van der Waals surface area contributed by atoms with E-state index in [0.717, 1.165) is 49.3 Å². The van der Waals surface area contributed by atoms with Gasteiger partial charge in [0.25, 0.3) is 0 Å². The van der Waals surface area contributed by atoms with Crippen molar-refractivity contribution in [3.63, 3.8) is 0 Å². The second kappa shape index (κ2) is 7.25. The summed E-state index contributed by atoms with van der Waals surface area (Å²) in [7, 11) is 0. The fraction of sp³-hybridized carbons (Fsp3) is 0.375. The van der Waals surface area contributed by atoms with Gasteiger partial charge in [0.15, 0.2) is 11.5 Å². The molecule has 1 fully saturated rings. The first-order valence-corrected chi connectivity index (χ1v) is 8.21. The van der Waals surface area contributed by atoms with Crippen molar-refractivity contribution in [1.29, 1.82) is 0 Å². The quantitative estimate of drug-likeness (QED) is 0.859. The van der Waals surface area contributed by atoms with Gasteiger partial charge in [-0.3, -0.25) is 4.90 Å². The standard InChI is InChI=1S/C16H17BrN2O4/c17-13-9-12(15-10-14(16(20)21)18-23-15)2-1-11(13)3-4-19-5-7-22-8-6-19/h1-2,9-10H,3-8H2,(H,20,21). The maximum atomic E-state index is 10.9. The highest BCUT2D eigenvalue weighted by Gasteiger charge is 2.14. The smallest absolute Gasteiger partial charge is 0.358 e. The van der Waals surface area contributed by atoms with Crippen molar-refractivity contribution in [2.24, 2.45) is 0 Å². The minimum absolute atomic E-state index is 0.0903. The molecule has 0 spiro atoms. The van der Waals surface area contributed by atoms with Crippen LogP contribution >= 0.6 is 15.9 Å². The monoisotopic (exact) mass is 380 g/mol. The van der Waals surface area contributed by atoms with Crippen LogP contribution in [0.2, 0.25) is 0 Å². The largest absolute Gasteiger partial charge is 0.476 e. The lowest BCUT2D eigenvalue weighted by Crippen LogP contribution is -2.37. The molecule has 7 heteroatoms. The predicted octanol–water partition coefficient (Wildman–Crippen LogP) is 2.68. The maximum Gasteiger partial charge on any atom is 0.358 e. The van der Waals surface area contributed by atoms with Crippen molar-refractivity contribution in [3.8, 4) is 11.3 Å². The number of hydrogen-bond acceptors (Lipinski definition) is 5. The zero-order valence-corrected chi connectivity index (χ0v) is 14.1. The Hall–Kier alpha value is -1.70. The molecule has 6 nitrogen and oxygen atoms in total. The summed E-state index contributed by atoms with van der Waals surface area (Å²) < 4.78 is 11.4. The molecule has 0 atom stereocenters. The first kappa shape index (κ1) is 16.2. The van der Waals surface area contributed by atoms with Crippen molar-refractivity contribution in [1.82, 2.24) is 10.1 Å². The van der Waals surface area contributed by atoms with Gasteiger partial charge in [-0.25, -0.2) is 4.79 Å². The molecule has 0 radical (unpaired) electrons. The summed E-state index contributed by atoms with van der Waals surface area (Å²) in [6.45, 7) is 4.55. The average Bonchev–Trinajstić information content (AvgIpc) is 3.05. The van der Waals surface area contributed by atoms with Crippen LogP contribution in [0.25, 0.3) is 11.3 Å². The van der Waals surface area contributed by atoms with Crippen molar-refractivity contribution >= 4 is 21.9 Å². The molecule has 2 heterocycles. The van der Waals surface area contributed by atoms with E-state index in [1.165, 1.54) is 11.6 Å². The SMILES string of the molecule is O=C(O)c1cc(-c2ccc(CCN3CCOCC3)c(Br)c2)on1. The molecule has 0 amide bonds. The van der Waals surface area contributed by atoms with E-state index in [0.29, 0.717) is 5.76 Å². The number of carboxylic acid groups (broad SMARTS) is 1. The van der Waals surface area contributed by atoms with Crippen molar-refractivity contribution in [2.45, 2.75) is 6.42 Å². The number of ether oxygens (including phenoxy) is 1. The number of rotatable bonds is 5. The zero-order chi connectivity index (χ0) is 16.2. The molecule has 23 heavy (non-hydrogen) atoms. The maximum absolute atomic E-state index is 10.9. The van der Waals surface area contributed by atoms with Gasteiger partial charge < -0.3 is 14.4 Å². The van der Waals surface area contributed by atoms with Crippen molar-refractivity contribution in [3.05, 3.63) is 40.0 Å². The lowest BCUT2D eigenvalue weighted by Gasteiger charge is -2.26. The van der Waals surface area contributed by atoms with E-state index in [4.69, 9.17) is 14.4 Å². The molecule has 1 saturated heterocycles. The van der Waals surface area contributed by atoms with E-state index in [2.05, 4.69) is 26.0 Å². The van der Waals surface area contributed by atoms with Crippen LogP contribution in [0.5, 0.6) is 0 Å². The van der Waals surface area contributed by atoms with E-state index in [-0.39, 0.29) is 5.69 Å². The minimum atomic E-state index is -1.10. The first-order valence-electron chi connectivity index (χ1n) is 7.42. The molecule has 122 valence electrons. The third-order valence-corrected chi connectivity index (χ3v) is 4.61. The molecule has 2 aromatic rings. The molecule has 0 saturated carbocycles. The number of nitrogens with zero attached hydrogens (tertiary/aromatic N) is 2. The molecule has 0 unspecified atom stereocenters. The summed E-state index contributed by atoms with van der Waals surface area (Å²) in [5, 5.41) is 12.4. The lowest BCUT2D eigenvalue weighted by molar-refractivity contribution is 0.0384. The Morgan fingerprint density at radius 2 is 2.09 bits per heavy atom. The van der Waals surface area contributed by atoms with Crippen LogP contribution in [0.4, 0.5) is 0 Å². The number of benzene rings is 1. The number of carboxylic acids is 1. The van der Waals surface area contributed by atoms with E-state index in [9.17, 15) is 4.79 Å². The number of aromatic nitrogens is 1. The van der Waals surface area contributed by atoms with Gasteiger partial charge in [0.05, 0.1) is 13.2 Å². The number of carbonyl (C=O) groups is 1. The Morgan fingerprint density at radius 3 is 2.74 bits per heavy atom. The summed E-state index contributed by atoms with van der Waals surface area (Å²) >= 11 is 3.58. The van der Waals surface area contributed by atoms with E-state index >= 15 is 0 Å². The fourth-order valence-electron chi connectivity index (χ4n) is 2.52. The predicted molar refractivity (Wildman–Crippen MR) is 87.6 cm³/mol. The van der Waals surface area contributed by atoms with Crippen LogP contribution < -0.4 is 0 Å². The Morgan fingerprint density at radius 1 is 1.30 bits per heavy atom. The Balaban J connectivity index is 1.68. The van der Waals surface area contributed by atoms with Gasteiger partial charge in [0, 0.05) is 35.7 Å². The molecule has 1 aliphatic heterocycles. The normalized spacial score (nSPS) is 15.7. The van der Waals surface area contributed by atoms with Gasteiger partial charge in [-0.2, -0.15) is 0 Å². The number of hydrogen-bond donors (Lipinski definition) is 1. The molecule has 1 aromatic carbocycles. The highest BCUT2D eigenvalue weighted by Crippen LogP contribution is 2.27. The van der Waals surface area contributed by atoms with Gasteiger partial charge in [-0.1, -0.05) is 33.2 Å². The molecule has 0 aliphatic carbocycles. The molecule has 1 aromatic heterocycles. The molecule has 1 aliphatic rings. The summed E-state index contributed by atoms with van der Waals surface area (Å²) in [6.07, 6.45) is 0.942. The number of halogens is 1. The summed E-state index contributed by atoms with van der Waals surface area (Å²) in [5.74, 6) is -0.649. The minimum Gasteiger partial charge on any atom is -0.476 e. The fourth-order valence-corrected chi connectivity index (χ4v) is 3.10. The number of aromatic carboxylic acids is 1. The zero-order valence-electron chi connectivity index (χ0n) is 12.5. The van der Waals surface area contributed by atoms with Gasteiger partial charge in [-0.15, -0.1) is 0 Å². The van der Waals surface area contributed by atoms with Gasteiger partial charge in [0.1, 0.15) is 0 Å². The van der Waals surface area contributed by atoms with Gasteiger partial charge in [-0.05, 0) is 18.1 Å². The third kappa shape index (κ3) is 3.99. The molecule has 0 bridgehead atoms. The van der Waals surface area contributed by atoms with Crippen LogP contribution in [0.15, 0.2) is 33.3 Å². The second-order valence-electron chi connectivity index (χ2n) is 5.39. The second-order valence-corrected chi connectivity index (χ2v) is 6.25. The van der Waals surface area contributed by atoms with E-state index in [1.807, 2.05) is 18.2 Å². The Labute approximate surface area is 142 Å². The van der Waals surface area contributed by atoms with Crippen LogP contribution in [0.3, 0.4) is 0 Å². The van der Waals surface area contributed by atoms with Crippen LogP contribution in [-0.4, -0.2) is 54.0 Å². The third-order valence-electron chi connectivity index (χ3n) is 3.87. The Kier molecular flexibility index (Phi) is 5.09. The van der Waals surface area contributed by atoms with E-state index < -0.39 is 5.97 Å². The molecule has 3 rings (SSSR count).